The number of nitrogens with two attached hydrogens (primary N) is 1. The maximum Gasteiger partial charge on any atom is 0.413 e. The third-order valence-electron chi connectivity index (χ3n) is 5.18. The molecule has 0 bridgehead atoms. The Kier molecular flexibility index (Phi) is 5.16. The van der Waals surface area contributed by atoms with Gasteiger partial charge < -0.3 is 15.6 Å². The number of halogens is 1. The molecule has 148 valence electrons. The molecule has 0 aliphatic carbocycles. The molecule has 3 rings (SSSR count). The lowest BCUT2D eigenvalue weighted by atomic mass is 9.78. The van der Waals surface area contributed by atoms with E-state index in [4.69, 9.17) is 15.5 Å². The van der Waals surface area contributed by atoms with Crippen LogP contribution < -0.4 is 5.73 Å². The first kappa shape index (κ1) is 19.9. The number of amidine groups is 1. The van der Waals surface area contributed by atoms with E-state index in [1.807, 2.05) is 27.7 Å². The summed E-state index contributed by atoms with van der Waals surface area (Å²) in [5, 5.41) is 10.1. The molecule has 6 nitrogen and oxygen atoms in total. The van der Waals surface area contributed by atoms with Crippen LogP contribution in [0.1, 0.15) is 39.7 Å². The van der Waals surface area contributed by atoms with Crippen LogP contribution in [-0.4, -0.2) is 45.3 Å². The summed E-state index contributed by atoms with van der Waals surface area (Å²) in [5.74, 6) is 0.149. The van der Waals surface area contributed by atoms with Gasteiger partial charge in [-0.1, -0.05) is 18.7 Å². The van der Waals surface area contributed by atoms with Crippen LogP contribution in [0.5, 0.6) is 0 Å². The van der Waals surface area contributed by atoms with Crippen molar-refractivity contribution >= 4 is 28.7 Å². The number of rotatable bonds is 2. The highest BCUT2D eigenvalue weighted by atomic mass is 32.2. The molecule has 2 aliphatic rings. The zero-order valence-corrected chi connectivity index (χ0v) is 16.8. The van der Waals surface area contributed by atoms with E-state index >= 15 is 0 Å². The smallest absolute Gasteiger partial charge is 0.413 e. The first-order valence-corrected chi connectivity index (χ1v) is 10.0. The Morgan fingerprint density at radius 1 is 1.52 bits per heavy atom. The summed E-state index contributed by atoms with van der Waals surface area (Å²) >= 11 is 1.39. The zero-order valence-electron chi connectivity index (χ0n) is 16.0. The van der Waals surface area contributed by atoms with Gasteiger partial charge >= 0.3 is 6.09 Å². The number of ether oxygens (including phenoxy) is 1. The second-order valence-corrected chi connectivity index (χ2v) is 9.01. The Labute approximate surface area is 163 Å². The van der Waals surface area contributed by atoms with Crippen LogP contribution in [0.2, 0.25) is 0 Å². The lowest BCUT2D eigenvalue weighted by molar-refractivity contribution is 0.0903. The number of hydrogen-bond acceptors (Lipinski definition) is 5. The van der Waals surface area contributed by atoms with Gasteiger partial charge in [-0.3, -0.25) is 4.90 Å². The number of nitrogen functional groups attached to an aromatic ring is 1. The van der Waals surface area contributed by atoms with Gasteiger partial charge in [0.1, 0.15) is 11.4 Å². The zero-order chi connectivity index (χ0) is 20.0. The van der Waals surface area contributed by atoms with E-state index in [2.05, 4.69) is 0 Å². The van der Waals surface area contributed by atoms with Gasteiger partial charge in [0.2, 0.25) is 0 Å². The second kappa shape index (κ2) is 6.98. The fourth-order valence-electron chi connectivity index (χ4n) is 3.88. The molecule has 2 aliphatic heterocycles. The third-order valence-corrected chi connectivity index (χ3v) is 6.24. The molecule has 3 atom stereocenters. The number of anilines is 1. The molecule has 1 saturated heterocycles. The molecular weight excluding hydrogens is 369 g/mol. The lowest BCUT2D eigenvalue weighted by Crippen LogP contribution is -2.51. The highest BCUT2D eigenvalue weighted by Gasteiger charge is 2.54. The van der Waals surface area contributed by atoms with E-state index in [0.717, 1.165) is 6.42 Å². The third kappa shape index (κ3) is 3.40. The van der Waals surface area contributed by atoms with E-state index < -0.39 is 23.0 Å². The molecule has 1 aromatic carbocycles. The summed E-state index contributed by atoms with van der Waals surface area (Å²) in [6.07, 6.45) is -0.359. The maximum absolute atomic E-state index is 14.8. The highest BCUT2D eigenvalue weighted by molar-refractivity contribution is 8.13. The minimum Gasteiger partial charge on any atom is -0.465 e. The summed E-state index contributed by atoms with van der Waals surface area (Å²) in [6.45, 7) is 7.66. The Balaban J connectivity index is 2.19. The number of amides is 1. The predicted octanol–water partition coefficient (Wildman–Crippen LogP) is 3.91. The molecule has 27 heavy (non-hydrogen) atoms. The van der Waals surface area contributed by atoms with Crippen LogP contribution in [0.4, 0.5) is 14.9 Å². The van der Waals surface area contributed by atoms with Crippen LogP contribution in [0, 0.1) is 11.7 Å². The second-order valence-electron chi connectivity index (χ2n) is 8.02. The van der Waals surface area contributed by atoms with Crippen molar-refractivity contribution in [3.05, 3.63) is 29.6 Å². The molecule has 3 N–H and O–H groups in total. The minimum atomic E-state index is -1.08. The van der Waals surface area contributed by atoms with Crippen molar-refractivity contribution in [2.24, 2.45) is 10.9 Å². The average Bonchev–Trinajstić information content (AvgIpc) is 2.94. The summed E-state index contributed by atoms with van der Waals surface area (Å²) in [4.78, 5) is 18.0. The van der Waals surface area contributed by atoms with Crippen molar-refractivity contribution < 1.29 is 19.0 Å². The van der Waals surface area contributed by atoms with Gasteiger partial charge in [0.25, 0.3) is 0 Å². The quantitative estimate of drug-likeness (QED) is 0.741. The fourth-order valence-corrected chi connectivity index (χ4v) is 5.40. The minimum absolute atomic E-state index is 0.0526. The predicted molar refractivity (Wildman–Crippen MR) is 106 cm³/mol. The van der Waals surface area contributed by atoms with Crippen molar-refractivity contribution in [3.63, 3.8) is 0 Å². The first-order chi connectivity index (χ1) is 12.6. The summed E-state index contributed by atoms with van der Waals surface area (Å²) in [6, 6.07) is 4.45. The van der Waals surface area contributed by atoms with Crippen molar-refractivity contribution in [1.29, 1.82) is 0 Å². The van der Waals surface area contributed by atoms with Gasteiger partial charge in [-0.15, -0.1) is 0 Å². The van der Waals surface area contributed by atoms with Crippen molar-refractivity contribution in [2.45, 2.75) is 51.3 Å². The molecule has 0 spiro atoms. The van der Waals surface area contributed by atoms with Crippen molar-refractivity contribution in [3.8, 4) is 0 Å². The van der Waals surface area contributed by atoms with E-state index in [0.29, 0.717) is 22.2 Å². The molecule has 2 heterocycles. The van der Waals surface area contributed by atoms with Crippen LogP contribution in [-0.2, 0) is 10.3 Å². The molecular formula is C19H26FN3O3S. The maximum atomic E-state index is 14.8. The number of fused-ring (bicyclic) bond motifs is 1. The molecule has 8 heteroatoms. The standard InChI is InChI=1S/C19H26FN3O3S/c1-5-15-13-9-27-16(23(17(24)25)18(2,3)4)22-19(13,10-26-15)12-8-11(21)6-7-14(12)20/h6-8,13,15H,5,9-10,21H2,1-4H3,(H,24,25)/t13?,15?,19-/m1/s1. The first-order valence-electron chi connectivity index (χ1n) is 9.03. The monoisotopic (exact) mass is 395 g/mol. The Bertz CT molecular complexity index is 780. The summed E-state index contributed by atoms with van der Waals surface area (Å²) < 4.78 is 20.8. The van der Waals surface area contributed by atoms with Crippen molar-refractivity contribution in [1.82, 2.24) is 4.90 Å². The van der Waals surface area contributed by atoms with Gasteiger partial charge in [-0.25, -0.2) is 14.2 Å². The number of nitrogens with zero attached hydrogens (tertiary/aromatic N) is 2. The Morgan fingerprint density at radius 3 is 2.81 bits per heavy atom. The van der Waals surface area contributed by atoms with Crippen LogP contribution >= 0.6 is 11.8 Å². The van der Waals surface area contributed by atoms with Gasteiger partial charge in [0.15, 0.2) is 5.17 Å². The fraction of sp³-hybridized carbons (Fsp3) is 0.579. The molecule has 0 aromatic heterocycles. The Morgan fingerprint density at radius 2 is 2.22 bits per heavy atom. The van der Waals surface area contributed by atoms with E-state index in [1.54, 1.807) is 6.07 Å². The number of aliphatic imine (C=N–C) groups is 1. The van der Waals surface area contributed by atoms with Crippen LogP contribution in [0.3, 0.4) is 0 Å². The van der Waals surface area contributed by atoms with Gasteiger partial charge in [0, 0.05) is 28.5 Å². The van der Waals surface area contributed by atoms with Gasteiger partial charge in [-0.05, 0) is 45.4 Å². The SMILES string of the molecule is CCC1OC[C@]2(c3cc(N)ccc3F)N=C(N(C(=O)O)C(C)(C)C)SCC12. The number of benzene rings is 1. The normalized spacial score (nSPS) is 27.8. The largest absolute Gasteiger partial charge is 0.465 e. The van der Waals surface area contributed by atoms with E-state index in [-0.39, 0.29) is 18.6 Å². The molecule has 0 radical (unpaired) electrons. The number of carbonyl (C=O) groups is 1. The molecule has 0 saturated carbocycles. The average molecular weight is 396 g/mol. The molecule has 1 aromatic rings. The lowest BCUT2D eigenvalue weighted by Gasteiger charge is -2.41. The Hall–Kier alpha value is -1.80. The topological polar surface area (TPSA) is 88.2 Å². The molecule has 1 fully saturated rings. The van der Waals surface area contributed by atoms with Crippen LogP contribution in [0.15, 0.2) is 23.2 Å². The highest BCUT2D eigenvalue weighted by Crippen LogP contribution is 2.50. The van der Waals surface area contributed by atoms with E-state index in [1.165, 1.54) is 28.8 Å². The van der Waals surface area contributed by atoms with Gasteiger partial charge in [0.05, 0.1) is 12.7 Å². The van der Waals surface area contributed by atoms with Gasteiger partial charge in [-0.2, -0.15) is 0 Å². The number of hydrogen-bond donors (Lipinski definition) is 2. The molecule has 2 unspecified atom stereocenters. The summed E-state index contributed by atoms with van der Waals surface area (Å²) in [5.41, 5.74) is 5.10. The number of carboxylic acid groups (broad SMARTS) is 1. The summed E-state index contributed by atoms with van der Waals surface area (Å²) in [7, 11) is 0. The van der Waals surface area contributed by atoms with Crippen molar-refractivity contribution in [2.75, 3.05) is 18.1 Å². The molecule has 1 amide bonds. The van der Waals surface area contributed by atoms with Crippen LogP contribution in [0.25, 0.3) is 0 Å². The number of thioether (sulfide) groups is 1. The van der Waals surface area contributed by atoms with E-state index in [9.17, 15) is 14.3 Å².